The van der Waals surface area contributed by atoms with Crippen LogP contribution in [0.3, 0.4) is 0 Å². The number of Topliss-reactive ketones (excluding diaryl/α,β-unsaturated/α-hetero) is 1. The summed E-state index contributed by atoms with van der Waals surface area (Å²) in [6.07, 6.45) is 0. The molecular formula is C27H22Cl3NO6. The number of rotatable bonds is 7. The van der Waals surface area contributed by atoms with E-state index in [1.165, 1.54) is 31.3 Å². The van der Waals surface area contributed by atoms with Crippen LogP contribution in [-0.2, 0) is 9.59 Å². The molecule has 1 amide bonds. The largest absolute Gasteiger partial charge is 0.507 e. The Morgan fingerprint density at radius 2 is 1.70 bits per heavy atom. The zero-order valence-electron chi connectivity index (χ0n) is 20.1. The third-order valence-corrected chi connectivity index (χ3v) is 6.54. The number of benzene rings is 3. The molecule has 1 saturated heterocycles. The van der Waals surface area contributed by atoms with Gasteiger partial charge in [0.25, 0.3) is 11.7 Å². The number of amides is 1. The van der Waals surface area contributed by atoms with Gasteiger partial charge in [-0.05, 0) is 55.0 Å². The molecule has 4 rings (SSSR count). The third kappa shape index (κ3) is 4.94. The Kier molecular flexibility index (Phi) is 7.87. The Morgan fingerprint density at radius 3 is 2.35 bits per heavy atom. The fourth-order valence-corrected chi connectivity index (χ4v) is 5.02. The number of hydrogen-bond acceptors (Lipinski definition) is 6. The average Bonchev–Trinajstić information content (AvgIpc) is 3.13. The Balaban J connectivity index is 2.03. The molecule has 7 nitrogen and oxygen atoms in total. The highest BCUT2D eigenvalue weighted by Gasteiger charge is 2.47. The van der Waals surface area contributed by atoms with Crippen molar-refractivity contribution in [1.82, 2.24) is 0 Å². The van der Waals surface area contributed by atoms with Crippen molar-refractivity contribution in [2.45, 2.75) is 13.0 Å². The smallest absolute Gasteiger partial charge is 0.300 e. The molecule has 3 aromatic rings. The lowest BCUT2D eigenvalue weighted by molar-refractivity contribution is -0.132. The van der Waals surface area contributed by atoms with E-state index in [-0.39, 0.29) is 26.9 Å². The van der Waals surface area contributed by atoms with Crippen molar-refractivity contribution in [1.29, 1.82) is 0 Å². The van der Waals surface area contributed by atoms with E-state index in [0.29, 0.717) is 34.4 Å². The fourth-order valence-electron chi connectivity index (χ4n) is 4.26. The minimum Gasteiger partial charge on any atom is -0.507 e. The van der Waals surface area contributed by atoms with E-state index in [9.17, 15) is 14.7 Å². The molecular weight excluding hydrogens is 541 g/mol. The molecule has 1 unspecified atom stereocenters. The predicted octanol–water partition coefficient (Wildman–Crippen LogP) is 6.69. The molecule has 0 saturated carbocycles. The van der Waals surface area contributed by atoms with Crippen molar-refractivity contribution in [2.24, 2.45) is 0 Å². The topological polar surface area (TPSA) is 85.3 Å². The van der Waals surface area contributed by atoms with Crippen molar-refractivity contribution in [3.63, 3.8) is 0 Å². The Morgan fingerprint density at radius 1 is 0.946 bits per heavy atom. The summed E-state index contributed by atoms with van der Waals surface area (Å²) in [6, 6.07) is 13.3. The van der Waals surface area contributed by atoms with Crippen LogP contribution in [0.25, 0.3) is 5.76 Å². The highest BCUT2D eigenvalue weighted by molar-refractivity contribution is 6.52. The number of halogens is 3. The average molecular weight is 563 g/mol. The van der Waals surface area contributed by atoms with Crippen LogP contribution in [0.2, 0.25) is 15.1 Å². The molecule has 1 N–H and O–H groups in total. The van der Waals surface area contributed by atoms with Crippen LogP contribution in [0.4, 0.5) is 5.69 Å². The normalized spacial score (nSPS) is 16.7. The molecule has 192 valence electrons. The molecule has 1 aliphatic heterocycles. The maximum Gasteiger partial charge on any atom is 0.300 e. The van der Waals surface area contributed by atoms with E-state index in [1.807, 2.05) is 6.92 Å². The van der Waals surface area contributed by atoms with E-state index in [1.54, 1.807) is 42.5 Å². The molecule has 0 aliphatic carbocycles. The Hall–Kier alpha value is -3.39. The minimum atomic E-state index is -1.05. The summed E-state index contributed by atoms with van der Waals surface area (Å²) in [6.45, 7) is 2.17. The monoisotopic (exact) mass is 561 g/mol. The minimum absolute atomic E-state index is 0.0626. The van der Waals surface area contributed by atoms with Crippen LogP contribution < -0.4 is 19.1 Å². The van der Waals surface area contributed by atoms with Gasteiger partial charge in [-0.15, -0.1) is 0 Å². The fraction of sp³-hybridized carbons (Fsp3) is 0.185. The van der Waals surface area contributed by atoms with Crippen molar-refractivity contribution in [2.75, 3.05) is 25.7 Å². The summed E-state index contributed by atoms with van der Waals surface area (Å²) in [7, 11) is 2.87. The highest BCUT2D eigenvalue weighted by Crippen LogP contribution is 2.46. The molecule has 3 aromatic carbocycles. The number of aliphatic hydroxyl groups excluding tert-OH is 1. The van der Waals surface area contributed by atoms with Crippen molar-refractivity contribution in [3.8, 4) is 17.2 Å². The number of hydrogen-bond donors (Lipinski definition) is 1. The zero-order chi connectivity index (χ0) is 26.9. The molecule has 0 bridgehead atoms. The number of nitrogens with zero attached hydrogens (tertiary/aromatic N) is 1. The van der Waals surface area contributed by atoms with Gasteiger partial charge in [-0.2, -0.15) is 0 Å². The first-order valence-corrected chi connectivity index (χ1v) is 12.3. The van der Waals surface area contributed by atoms with Crippen LogP contribution in [0.15, 0.2) is 60.2 Å². The number of carbonyl (C=O) groups excluding carboxylic acids is 2. The Bertz CT molecular complexity index is 1420. The first kappa shape index (κ1) is 26.7. The highest BCUT2D eigenvalue weighted by atomic mass is 35.5. The molecule has 1 aliphatic rings. The number of ketones is 1. The van der Waals surface area contributed by atoms with Gasteiger partial charge in [0.2, 0.25) is 0 Å². The first-order chi connectivity index (χ1) is 17.7. The van der Waals surface area contributed by atoms with Gasteiger partial charge in [-0.25, -0.2) is 0 Å². The predicted molar refractivity (Wildman–Crippen MR) is 143 cm³/mol. The maximum atomic E-state index is 13.5. The van der Waals surface area contributed by atoms with Gasteiger partial charge in [0.15, 0.2) is 11.5 Å². The molecule has 37 heavy (non-hydrogen) atoms. The SMILES string of the molecule is CCOc1cc(C2/C(=C(\O)c3cc(Cl)cc(Cl)c3OC)C(=O)C(=O)N2c2cccc(Cl)c2)ccc1OC. The third-order valence-electron chi connectivity index (χ3n) is 5.80. The van der Waals surface area contributed by atoms with Crippen LogP contribution in [-0.4, -0.2) is 37.6 Å². The van der Waals surface area contributed by atoms with Gasteiger partial charge in [0.05, 0.1) is 43.0 Å². The number of anilines is 1. The van der Waals surface area contributed by atoms with Gasteiger partial charge >= 0.3 is 0 Å². The summed E-state index contributed by atoms with van der Waals surface area (Å²) in [5.74, 6) is -1.29. The summed E-state index contributed by atoms with van der Waals surface area (Å²) in [5.41, 5.74) is 0.724. The molecule has 10 heteroatoms. The van der Waals surface area contributed by atoms with Gasteiger partial charge < -0.3 is 19.3 Å². The van der Waals surface area contributed by atoms with Crippen LogP contribution >= 0.6 is 34.8 Å². The second-order valence-corrected chi connectivity index (χ2v) is 9.24. The molecule has 1 fully saturated rings. The lowest BCUT2D eigenvalue weighted by Crippen LogP contribution is -2.29. The van der Waals surface area contributed by atoms with Crippen LogP contribution in [0, 0.1) is 0 Å². The molecule has 0 spiro atoms. The Labute approximate surface area is 228 Å². The quantitative estimate of drug-likeness (QED) is 0.196. The second-order valence-electron chi connectivity index (χ2n) is 7.96. The summed E-state index contributed by atoms with van der Waals surface area (Å²) in [4.78, 5) is 28.2. The van der Waals surface area contributed by atoms with Crippen molar-refractivity contribution < 1.29 is 28.9 Å². The number of carbonyl (C=O) groups is 2. The molecule has 0 aromatic heterocycles. The summed E-state index contributed by atoms with van der Waals surface area (Å²) in [5, 5.41) is 12.2. The van der Waals surface area contributed by atoms with E-state index >= 15 is 0 Å². The van der Waals surface area contributed by atoms with Crippen molar-refractivity contribution >= 4 is 57.9 Å². The van der Waals surface area contributed by atoms with Gasteiger partial charge in [0.1, 0.15) is 11.5 Å². The van der Waals surface area contributed by atoms with E-state index in [4.69, 9.17) is 49.0 Å². The number of aliphatic hydroxyl groups is 1. The second kappa shape index (κ2) is 10.9. The van der Waals surface area contributed by atoms with Crippen LogP contribution in [0.5, 0.6) is 17.2 Å². The summed E-state index contributed by atoms with van der Waals surface area (Å²) < 4.78 is 16.5. The molecule has 1 heterocycles. The molecule has 0 radical (unpaired) electrons. The van der Waals surface area contributed by atoms with E-state index < -0.39 is 23.5 Å². The van der Waals surface area contributed by atoms with E-state index in [2.05, 4.69) is 0 Å². The zero-order valence-corrected chi connectivity index (χ0v) is 22.3. The van der Waals surface area contributed by atoms with Crippen molar-refractivity contribution in [3.05, 3.63) is 86.4 Å². The molecule has 1 atom stereocenters. The lowest BCUT2D eigenvalue weighted by Gasteiger charge is -2.26. The maximum absolute atomic E-state index is 13.5. The lowest BCUT2D eigenvalue weighted by atomic mass is 9.94. The van der Waals surface area contributed by atoms with Gasteiger partial charge in [0, 0.05) is 15.7 Å². The number of ether oxygens (including phenoxy) is 3. The van der Waals surface area contributed by atoms with Gasteiger partial charge in [-0.1, -0.05) is 46.9 Å². The first-order valence-electron chi connectivity index (χ1n) is 11.1. The standard InChI is InChI=1S/C27H22Cl3NO6/c1-4-37-21-10-14(8-9-20(21)35-2)23-22(24(32)18-12-16(29)13-19(30)26(18)36-3)25(33)27(34)31(23)17-7-5-6-15(28)11-17/h5-13,23,32H,4H2,1-3H3/b24-22+. The van der Waals surface area contributed by atoms with Gasteiger partial charge in [-0.3, -0.25) is 14.5 Å². The number of methoxy groups -OCH3 is 2. The summed E-state index contributed by atoms with van der Waals surface area (Å²) >= 11 is 18.7. The van der Waals surface area contributed by atoms with Crippen LogP contribution in [0.1, 0.15) is 24.1 Å². The van der Waals surface area contributed by atoms with E-state index in [0.717, 1.165) is 0 Å².